The molecular weight excluding hydrogens is 308 g/mol. The summed E-state index contributed by atoms with van der Waals surface area (Å²) in [6.45, 7) is 1.42. The van der Waals surface area contributed by atoms with Crippen molar-refractivity contribution in [2.45, 2.75) is 13.0 Å². The van der Waals surface area contributed by atoms with Gasteiger partial charge in [-0.25, -0.2) is 9.78 Å². The van der Waals surface area contributed by atoms with Crippen LogP contribution >= 0.6 is 11.6 Å². The van der Waals surface area contributed by atoms with Crippen LogP contribution in [0.3, 0.4) is 0 Å². The number of esters is 1. The number of rotatable bonds is 4. The van der Waals surface area contributed by atoms with E-state index in [1.165, 1.54) is 31.3 Å². The Morgan fingerprint density at radius 1 is 1.27 bits per heavy atom. The molecule has 6 nitrogen and oxygen atoms in total. The molecule has 0 saturated heterocycles. The van der Waals surface area contributed by atoms with Crippen molar-refractivity contribution >= 4 is 29.3 Å². The van der Waals surface area contributed by atoms with Gasteiger partial charge >= 0.3 is 5.97 Å². The molecule has 22 heavy (non-hydrogen) atoms. The first-order chi connectivity index (χ1) is 10.5. The molecule has 0 bridgehead atoms. The minimum Gasteiger partial charge on any atom is -0.507 e. The Hall–Kier alpha value is -2.60. The number of nitrogens with one attached hydrogen (secondary N) is 1. The number of hydrogen-bond donors (Lipinski definition) is 2. The Bertz CT molecular complexity index is 688. The normalized spacial score (nSPS) is 11.5. The predicted molar refractivity (Wildman–Crippen MR) is 80.9 cm³/mol. The maximum atomic E-state index is 11.9. The number of aromatic nitrogens is 1. The third-order valence-electron chi connectivity index (χ3n) is 2.76. The average molecular weight is 321 g/mol. The third kappa shape index (κ3) is 3.95. The zero-order chi connectivity index (χ0) is 16.1. The second kappa shape index (κ2) is 6.91. The Morgan fingerprint density at radius 3 is 2.64 bits per heavy atom. The zero-order valence-corrected chi connectivity index (χ0v) is 12.4. The van der Waals surface area contributed by atoms with Crippen molar-refractivity contribution in [2.24, 2.45) is 0 Å². The largest absolute Gasteiger partial charge is 0.507 e. The van der Waals surface area contributed by atoms with Crippen molar-refractivity contribution in [1.82, 2.24) is 4.98 Å². The summed E-state index contributed by atoms with van der Waals surface area (Å²) in [6.07, 6.45) is 0.333. The molecule has 0 fully saturated rings. The van der Waals surface area contributed by atoms with Crippen molar-refractivity contribution in [3.8, 4) is 5.75 Å². The van der Waals surface area contributed by atoms with E-state index in [2.05, 4.69) is 10.3 Å². The van der Waals surface area contributed by atoms with Crippen LogP contribution in [0.5, 0.6) is 5.75 Å². The number of hydrogen-bond acceptors (Lipinski definition) is 5. The standard InChI is InChI=1S/C15H13ClN2O4/c1-9(14(20)18-13-7-6-10(16)8-17-13)22-15(21)11-4-2-3-5-12(11)19/h2-9,19H,1H3,(H,17,18,20)/t9-/m0/s1. The van der Waals surface area contributed by atoms with E-state index >= 15 is 0 Å². The van der Waals surface area contributed by atoms with Gasteiger partial charge in [0.25, 0.3) is 5.91 Å². The highest BCUT2D eigenvalue weighted by Gasteiger charge is 2.21. The van der Waals surface area contributed by atoms with Gasteiger partial charge in [-0.1, -0.05) is 23.7 Å². The van der Waals surface area contributed by atoms with Crippen molar-refractivity contribution < 1.29 is 19.4 Å². The van der Waals surface area contributed by atoms with E-state index in [0.29, 0.717) is 10.8 Å². The molecule has 0 radical (unpaired) electrons. The maximum absolute atomic E-state index is 11.9. The number of amides is 1. The fourth-order valence-electron chi connectivity index (χ4n) is 1.60. The Morgan fingerprint density at radius 2 is 2.00 bits per heavy atom. The second-order valence-corrected chi connectivity index (χ2v) is 4.85. The number of anilines is 1. The number of halogens is 1. The predicted octanol–water partition coefficient (Wildman–Crippen LogP) is 2.62. The number of carbonyl (C=O) groups excluding carboxylic acids is 2. The van der Waals surface area contributed by atoms with Crippen LogP contribution in [0.15, 0.2) is 42.6 Å². The van der Waals surface area contributed by atoms with Crippen molar-refractivity contribution in [3.05, 3.63) is 53.2 Å². The summed E-state index contributed by atoms with van der Waals surface area (Å²) in [7, 11) is 0. The van der Waals surface area contributed by atoms with Crippen LogP contribution in [0.1, 0.15) is 17.3 Å². The van der Waals surface area contributed by atoms with Crippen molar-refractivity contribution in [2.75, 3.05) is 5.32 Å². The smallest absolute Gasteiger partial charge is 0.342 e. The molecule has 1 aromatic carbocycles. The number of nitrogens with zero attached hydrogens (tertiary/aromatic N) is 1. The van der Waals surface area contributed by atoms with Gasteiger partial charge in [0, 0.05) is 6.20 Å². The first-order valence-corrected chi connectivity index (χ1v) is 6.76. The van der Waals surface area contributed by atoms with Gasteiger partial charge in [0.05, 0.1) is 5.02 Å². The van der Waals surface area contributed by atoms with Crippen LogP contribution in [0.4, 0.5) is 5.82 Å². The fraction of sp³-hybridized carbons (Fsp3) is 0.133. The number of phenols is 1. The Kier molecular flexibility index (Phi) is 4.95. The number of benzene rings is 1. The molecule has 0 aliphatic carbocycles. The van der Waals surface area contributed by atoms with E-state index in [-0.39, 0.29) is 11.3 Å². The monoisotopic (exact) mass is 320 g/mol. The third-order valence-corrected chi connectivity index (χ3v) is 2.98. The van der Waals surface area contributed by atoms with Crippen molar-refractivity contribution in [3.63, 3.8) is 0 Å². The minimum atomic E-state index is -1.05. The Balaban J connectivity index is 1.98. The lowest BCUT2D eigenvalue weighted by molar-refractivity contribution is -0.123. The van der Waals surface area contributed by atoms with Gasteiger partial charge in [0.15, 0.2) is 6.10 Å². The van der Waals surface area contributed by atoms with Crippen LogP contribution in [0.2, 0.25) is 5.02 Å². The van der Waals surface area contributed by atoms with E-state index in [4.69, 9.17) is 16.3 Å². The molecule has 0 aliphatic heterocycles. The number of carbonyl (C=O) groups is 2. The lowest BCUT2D eigenvalue weighted by Gasteiger charge is -2.13. The molecular formula is C15H13ClN2O4. The minimum absolute atomic E-state index is 0.00762. The highest BCUT2D eigenvalue weighted by molar-refractivity contribution is 6.30. The van der Waals surface area contributed by atoms with Gasteiger partial charge in [-0.05, 0) is 31.2 Å². The highest BCUT2D eigenvalue weighted by atomic mass is 35.5. The number of ether oxygens (including phenoxy) is 1. The number of para-hydroxylation sites is 1. The molecule has 2 aromatic rings. The molecule has 1 heterocycles. The summed E-state index contributed by atoms with van der Waals surface area (Å²) in [5, 5.41) is 12.5. The summed E-state index contributed by atoms with van der Waals surface area (Å²) in [5.41, 5.74) is -0.00762. The van der Waals surface area contributed by atoms with Gasteiger partial charge in [-0.15, -0.1) is 0 Å². The average Bonchev–Trinajstić information content (AvgIpc) is 2.49. The molecule has 2 N–H and O–H groups in total. The topological polar surface area (TPSA) is 88.5 Å². The fourth-order valence-corrected chi connectivity index (χ4v) is 1.71. The summed E-state index contributed by atoms with van der Waals surface area (Å²) >= 11 is 5.69. The van der Waals surface area contributed by atoms with Crippen molar-refractivity contribution in [1.29, 1.82) is 0 Å². The number of phenolic OH excluding ortho intramolecular Hbond substituents is 1. The van der Waals surface area contributed by atoms with Crippen LogP contribution in [0.25, 0.3) is 0 Å². The highest BCUT2D eigenvalue weighted by Crippen LogP contribution is 2.17. The molecule has 0 aliphatic rings. The molecule has 0 spiro atoms. The zero-order valence-electron chi connectivity index (χ0n) is 11.6. The van der Waals surface area contributed by atoms with Crippen LogP contribution in [-0.2, 0) is 9.53 Å². The Labute approximate surface area is 131 Å². The molecule has 1 amide bonds. The second-order valence-electron chi connectivity index (χ2n) is 4.42. The van der Waals surface area contributed by atoms with Gasteiger partial charge in [0.2, 0.25) is 0 Å². The lowest BCUT2D eigenvalue weighted by Crippen LogP contribution is -2.30. The first-order valence-electron chi connectivity index (χ1n) is 6.39. The first kappa shape index (κ1) is 15.8. The van der Waals surface area contributed by atoms with Crippen LogP contribution in [0, 0.1) is 0 Å². The summed E-state index contributed by atoms with van der Waals surface area (Å²) in [5.74, 6) is -1.25. The van der Waals surface area contributed by atoms with E-state index in [9.17, 15) is 14.7 Å². The molecule has 114 valence electrons. The number of pyridine rings is 1. The van der Waals surface area contributed by atoms with Gasteiger partial charge < -0.3 is 15.2 Å². The van der Waals surface area contributed by atoms with Gasteiger partial charge in [-0.3, -0.25) is 4.79 Å². The molecule has 7 heteroatoms. The molecule has 0 unspecified atom stereocenters. The summed E-state index contributed by atoms with van der Waals surface area (Å²) in [4.78, 5) is 27.7. The molecule has 0 saturated carbocycles. The van der Waals surface area contributed by atoms with Gasteiger partial charge in [-0.2, -0.15) is 0 Å². The number of aromatic hydroxyl groups is 1. The van der Waals surface area contributed by atoms with E-state index < -0.39 is 18.0 Å². The lowest BCUT2D eigenvalue weighted by atomic mass is 10.2. The maximum Gasteiger partial charge on any atom is 0.342 e. The van der Waals surface area contributed by atoms with E-state index in [1.807, 2.05) is 0 Å². The van der Waals surface area contributed by atoms with E-state index in [1.54, 1.807) is 18.2 Å². The van der Waals surface area contributed by atoms with Crippen LogP contribution < -0.4 is 5.32 Å². The van der Waals surface area contributed by atoms with Crippen LogP contribution in [-0.4, -0.2) is 28.1 Å². The molecule has 1 aromatic heterocycles. The summed E-state index contributed by atoms with van der Waals surface area (Å²) in [6, 6.07) is 9.02. The van der Waals surface area contributed by atoms with Gasteiger partial charge in [0.1, 0.15) is 17.1 Å². The summed E-state index contributed by atoms with van der Waals surface area (Å²) < 4.78 is 5.01. The quantitative estimate of drug-likeness (QED) is 0.845. The molecule has 1 atom stereocenters. The molecule has 2 rings (SSSR count). The van der Waals surface area contributed by atoms with E-state index in [0.717, 1.165) is 0 Å². The SMILES string of the molecule is C[C@H](OC(=O)c1ccccc1O)C(=O)Nc1ccc(Cl)cn1.